The Morgan fingerprint density at radius 1 is 1.19 bits per heavy atom. The summed E-state index contributed by atoms with van der Waals surface area (Å²) < 4.78 is 20.7. The van der Waals surface area contributed by atoms with Crippen molar-refractivity contribution in [2.24, 2.45) is 0 Å². The molecule has 0 spiro atoms. The summed E-state index contributed by atoms with van der Waals surface area (Å²) in [4.78, 5) is 4.16. The van der Waals surface area contributed by atoms with Crippen LogP contribution in [-0.2, 0) is 6.54 Å². The fraction of sp³-hybridized carbons (Fsp3) is 0.105. The molecule has 130 valence electrons. The van der Waals surface area contributed by atoms with Crippen LogP contribution in [0, 0.1) is 5.82 Å². The van der Waals surface area contributed by atoms with E-state index in [4.69, 9.17) is 4.74 Å². The molecule has 4 aromatic rings. The van der Waals surface area contributed by atoms with Crippen LogP contribution in [0.2, 0.25) is 0 Å². The Balaban J connectivity index is 1.67. The number of anilines is 1. The first-order valence-corrected chi connectivity index (χ1v) is 8.05. The second kappa shape index (κ2) is 6.79. The molecule has 0 amide bonds. The number of hydrogen-bond donors (Lipinski definition) is 1. The van der Waals surface area contributed by atoms with Crippen LogP contribution in [-0.4, -0.2) is 26.7 Å². The molecule has 0 fully saturated rings. The number of methoxy groups -OCH3 is 1. The maximum atomic E-state index is 13.5. The van der Waals surface area contributed by atoms with Gasteiger partial charge in [-0.3, -0.25) is 9.38 Å². The lowest BCUT2D eigenvalue weighted by Gasteiger charge is -2.13. The third-order valence-corrected chi connectivity index (χ3v) is 4.13. The van der Waals surface area contributed by atoms with Gasteiger partial charge in [-0.25, -0.2) is 4.39 Å². The predicted octanol–water partition coefficient (Wildman–Crippen LogP) is 3.55. The average molecular weight is 349 g/mol. The van der Waals surface area contributed by atoms with Crippen LogP contribution in [0.4, 0.5) is 10.2 Å². The maximum absolute atomic E-state index is 13.5. The molecule has 0 unspecified atom stereocenters. The first-order chi connectivity index (χ1) is 12.8. The number of fused-ring (bicyclic) bond motifs is 1. The van der Waals surface area contributed by atoms with Crippen molar-refractivity contribution in [2.75, 3.05) is 12.4 Å². The maximum Gasteiger partial charge on any atom is 0.170 e. The van der Waals surface area contributed by atoms with E-state index < -0.39 is 0 Å². The lowest BCUT2D eigenvalue weighted by molar-refractivity contribution is 0.409. The Kier molecular flexibility index (Phi) is 4.18. The predicted molar refractivity (Wildman–Crippen MR) is 96.5 cm³/mol. The van der Waals surface area contributed by atoms with Crippen LogP contribution < -0.4 is 10.1 Å². The first kappa shape index (κ1) is 16.0. The number of pyridine rings is 2. The fourth-order valence-corrected chi connectivity index (χ4v) is 2.87. The molecule has 3 heterocycles. The molecule has 6 nitrogen and oxygen atoms in total. The highest BCUT2D eigenvalue weighted by Gasteiger charge is 2.11. The van der Waals surface area contributed by atoms with Gasteiger partial charge in [-0.15, -0.1) is 10.2 Å². The second-order valence-corrected chi connectivity index (χ2v) is 5.71. The van der Waals surface area contributed by atoms with Crippen molar-refractivity contribution in [3.63, 3.8) is 0 Å². The van der Waals surface area contributed by atoms with Gasteiger partial charge in [-0.05, 0) is 36.4 Å². The summed E-state index contributed by atoms with van der Waals surface area (Å²) >= 11 is 0. The van der Waals surface area contributed by atoms with Crippen molar-refractivity contribution in [3.05, 3.63) is 72.6 Å². The van der Waals surface area contributed by atoms with Crippen LogP contribution in [0.5, 0.6) is 5.75 Å². The SMILES string of the molecule is COc1ccc(F)cc1CNc1ccc(-c2cccnc2)c2nncn12. The Bertz CT molecular complexity index is 1050. The lowest BCUT2D eigenvalue weighted by atomic mass is 10.1. The summed E-state index contributed by atoms with van der Waals surface area (Å²) in [6.07, 6.45) is 5.15. The quantitative estimate of drug-likeness (QED) is 0.597. The van der Waals surface area contributed by atoms with Crippen molar-refractivity contribution < 1.29 is 9.13 Å². The van der Waals surface area contributed by atoms with Crippen LogP contribution >= 0.6 is 0 Å². The second-order valence-electron chi connectivity index (χ2n) is 5.71. The molecule has 0 saturated heterocycles. The van der Waals surface area contributed by atoms with Gasteiger partial charge in [0, 0.05) is 35.6 Å². The minimum Gasteiger partial charge on any atom is -0.496 e. The van der Waals surface area contributed by atoms with Crippen LogP contribution in [0.1, 0.15) is 5.56 Å². The van der Waals surface area contributed by atoms with E-state index in [2.05, 4.69) is 20.5 Å². The fourth-order valence-electron chi connectivity index (χ4n) is 2.87. The van der Waals surface area contributed by atoms with Gasteiger partial charge in [0.2, 0.25) is 0 Å². The minimum absolute atomic E-state index is 0.302. The van der Waals surface area contributed by atoms with Crippen molar-refractivity contribution in [3.8, 4) is 16.9 Å². The normalized spacial score (nSPS) is 10.8. The number of hydrogen-bond acceptors (Lipinski definition) is 5. The van der Waals surface area contributed by atoms with Gasteiger partial charge in [0.15, 0.2) is 5.65 Å². The van der Waals surface area contributed by atoms with E-state index in [1.54, 1.807) is 31.9 Å². The van der Waals surface area contributed by atoms with Crippen molar-refractivity contribution in [1.82, 2.24) is 19.6 Å². The lowest BCUT2D eigenvalue weighted by Crippen LogP contribution is -2.06. The van der Waals surface area contributed by atoms with Gasteiger partial charge < -0.3 is 10.1 Å². The molecule has 1 aromatic carbocycles. The van der Waals surface area contributed by atoms with Crippen molar-refractivity contribution in [1.29, 1.82) is 0 Å². The monoisotopic (exact) mass is 349 g/mol. The highest BCUT2D eigenvalue weighted by Crippen LogP contribution is 2.26. The number of rotatable bonds is 5. The van der Waals surface area contributed by atoms with E-state index in [-0.39, 0.29) is 5.82 Å². The van der Waals surface area contributed by atoms with E-state index in [9.17, 15) is 4.39 Å². The topological polar surface area (TPSA) is 64.3 Å². The number of halogens is 1. The van der Waals surface area contributed by atoms with E-state index in [0.29, 0.717) is 17.9 Å². The molecule has 0 aliphatic carbocycles. The highest BCUT2D eigenvalue weighted by molar-refractivity contribution is 5.78. The van der Waals surface area contributed by atoms with Crippen LogP contribution in [0.15, 0.2) is 61.2 Å². The zero-order chi connectivity index (χ0) is 17.9. The summed E-state index contributed by atoms with van der Waals surface area (Å²) in [6.45, 7) is 0.403. The number of nitrogens with one attached hydrogen (secondary N) is 1. The Morgan fingerprint density at radius 3 is 2.92 bits per heavy atom. The average Bonchev–Trinajstić information content (AvgIpc) is 3.17. The van der Waals surface area contributed by atoms with E-state index in [1.807, 2.05) is 28.7 Å². The standard InChI is InChI=1S/C19H16FN5O/c1-26-17-6-4-15(20)9-14(17)11-22-18-7-5-16(13-3-2-8-21-10-13)19-24-23-12-25(18)19/h2-10,12,22H,11H2,1H3. The molecule has 26 heavy (non-hydrogen) atoms. The van der Waals surface area contributed by atoms with E-state index in [1.165, 1.54) is 12.1 Å². The molecule has 3 aromatic heterocycles. The van der Waals surface area contributed by atoms with Gasteiger partial charge >= 0.3 is 0 Å². The number of aromatic nitrogens is 4. The number of nitrogens with zero attached hydrogens (tertiary/aromatic N) is 4. The third kappa shape index (κ3) is 2.95. The zero-order valence-electron chi connectivity index (χ0n) is 14.1. The molecule has 0 aliphatic heterocycles. The third-order valence-electron chi connectivity index (χ3n) is 4.13. The van der Waals surface area contributed by atoms with E-state index >= 15 is 0 Å². The van der Waals surface area contributed by atoms with Crippen molar-refractivity contribution in [2.45, 2.75) is 6.54 Å². The summed E-state index contributed by atoms with van der Waals surface area (Å²) in [5, 5.41) is 11.5. The van der Waals surface area contributed by atoms with Gasteiger partial charge in [-0.1, -0.05) is 6.07 Å². The van der Waals surface area contributed by atoms with E-state index in [0.717, 1.165) is 22.5 Å². The summed E-state index contributed by atoms with van der Waals surface area (Å²) in [6, 6.07) is 12.2. The molecule has 0 radical (unpaired) electrons. The van der Waals surface area contributed by atoms with Crippen LogP contribution in [0.3, 0.4) is 0 Å². The minimum atomic E-state index is -0.302. The molecule has 4 rings (SSSR count). The van der Waals surface area contributed by atoms with Gasteiger partial charge in [0.25, 0.3) is 0 Å². The number of ether oxygens (including phenoxy) is 1. The largest absolute Gasteiger partial charge is 0.496 e. The Labute approximate surface area is 149 Å². The molecular formula is C19H16FN5O. The zero-order valence-corrected chi connectivity index (χ0v) is 14.1. The van der Waals surface area contributed by atoms with Crippen LogP contribution in [0.25, 0.3) is 16.8 Å². The molecule has 0 atom stereocenters. The first-order valence-electron chi connectivity index (χ1n) is 8.05. The van der Waals surface area contributed by atoms with Gasteiger partial charge in [-0.2, -0.15) is 0 Å². The molecule has 0 bridgehead atoms. The smallest absolute Gasteiger partial charge is 0.170 e. The summed E-state index contributed by atoms with van der Waals surface area (Å²) in [5.74, 6) is 1.12. The molecule has 7 heteroatoms. The summed E-state index contributed by atoms with van der Waals surface area (Å²) in [5.41, 5.74) is 3.34. The van der Waals surface area contributed by atoms with Crippen molar-refractivity contribution >= 4 is 11.5 Å². The molecule has 1 N–H and O–H groups in total. The number of benzene rings is 1. The van der Waals surface area contributed by atoms with Gasteiger partial charge in [0.05, 0.1) is 7.11 Å². The summed E-state index contributed by atoms with van der Waals surface area (Å²) in [7, 11) is 1.57. The Hall–Kier alpha value is -3.48. The Morgan fingerprint density at radius 2 is 2.12 bits per heavy atom. The van der Waals surface area contributed by atoms with Gasteiger partial charge in [0.1, 0.15) is 23.7 Å². The molecule has 0 aliphatic rings. The molecule has 0 saturated carbocycles. The molecular weight excluding hydrogens is 333 g/mol. The highest BCUT2D eigenvalue weighted by atomic mass is 19.1.